The van der Waals surface area contributed by atoms with Gasteiger partial charge in [0, 0.05) is 25.8 Å². The molecular weight excluding hydrogens is 308 g/mol. The number of aromatic nitrogens is 2. The first-order valence-electron chi connectivity index (χ1n) is 6.26. The molecule has 0 bridgehead atoms. The van der Waals surface area contributed by atoms with Crippen molar-refractivity contribution < 1.29 is 14.6 Å². The minimum atomic E-state index is -0.895. The molecule has 0 aliphatic rings. The number of carbonyl (C=O) groups excluding carboxylic acids is 1. The van der Waals surface area contributed by atoms with Crippen LogP contribution in [0.5, 0.6) is 0 Å². The summed E-state index contributed by atoms with van der Waals surface area (Å²) in [4.78, 5) is 34.3. The maximum Gasteiger partial charge on any atom is 0.319 e. The maximum absolute atomic E-state index is 12.1. The van der Waals surface area contributed by atoms with Crippen molar-refractivity contribution in [1.29, 1.82) is 0 Å². The third-order valence-corrected chi connectivity index (χ3v) is 2.98. The van der Waals surface area contributed by atoms with E-state index >= 15 is 0 Å². The lowest BCUT2D eigenvalue weighted by Gasteiger charge is -2.14. The van der Waals surface area contributed by atoms with Crippen molar-refractivity contribution in [1.82, 2.24) is 10.2 Å². The number of carbonyl (C=O) groups is 1. The Hall–Kier alpha value is -3.50. The Labute approximate surface area is 129 Å². The summed E-state index contributed by atoms with van der Waals surface area (Å²) in [5.41, 5.74) is -0.695. The standard InChI is InChI=1S/C12H12N6O5/c1-16(2)7-3-4-9(17(20)21)8(5-7)14-12(19)11-10(18(22)23)6-13-15-11/h3-6H,1-2H3,(H,13,15)(H,14,19). The van der Waals surface area contributed by atoms with Crippen molar-refractivity contribution in [2.24, 2.45) is 0 Å². The highest BCUT2D eigenvalue weighted by Gasteiger charge is 2.25. The van der Waals surface area contributed by atoms with Crippen LogP contribution >= 0.6 is 0 Å². The highest BCUT2D eigenvalue weighted by atomic mass is 16.6. The molecule has 0 radical (unpaired) electrons. The van der Waals surface area contributed by atoms with Gasteiger partial charge in [0.05, 0.1) is 9.85 Å². The first-order valence-corrected chi connectivity index (χ1v) is 6.26. The SMILES string of the molecule is CN(C)c1ccc([N+](=O)[O-])c(NC(=O)c2[nH]ncc2[N+](=O)[O-])c1. The van der Waals surface area contributed by atoms with E-state index in [1.807, 2.05) is 0 Å². The zero-order chi connectivity index (χ0) is 17.1. The monoisotopic (exact) mass is 320 g/mol. The minimum absolute atomic E-state index is 0.0740. The van der Waals surface area contributed by atoms with E-state index in [9.17, 15) is 25.0 Å². The van der Waals surface area contributed by atoms with Crippen LogP contribution in [0.3, 0.4) is 0 Å². The number of amides is 1. The zero-order valence-electron chi connectivity index (χ0n) is 12.1. The molecule has 0 atom stereocenters. The zero-order valence-corrected chi connectivity index (χ0v) is 12.1. The van der Waals surface area contributed by atoms with Gasteiger partial charge in [-0.2, -0.15) is 5.10 Å². The fourth-order valence-electron chi connectivity index (χ4n) is 1.83. The predicted octanol–water partition coefficient (Wildman–Crippen LogP) is 1.54. The molecule has 2 aromatic rings. The van der Waals surface area contributed by atoms with Gasteiger partial charge in [0.25, 0.3) is 11.6 Å². The van der Waals surface area contributed by atoms with Crippen LogP contribution in [0, 0.1) is 20.2 Å². The van der Waals surface area contributed by atoms with Crippen molar-refractivity contribution in [2.45, 2.75) is 0 Å². The van der Waals surface area contributed by atoms with Crippen LogP contribution in [0.15, 0.2) is 24.4 Å². The Morgan fingerprint density at radius 2 is 1.87 bits per heavy atom. The lowest BCUT2D eigenvalue weighted by Crippen LogP contribution is -2.16. The number of hydrogen-bond acceptors (Lipinski definition) is 7. The van der Waals surface area contributed by atoms with E-state index in [1.165, 1.54) is 18.2 Å². The van der Waals surface area contributed by atoms with E-state index < -0.39 is 21.4 Å². The molecule has 1 aromatic heterocycles. The van der Waals surface area contributed by atoms with Crippen LogP contribution in [0.25, 0.3) is 0 Å². The molecule has 1 heterocycles. The second-order valence-corrected chi connectivity index (χ2v) is 4.69. The van der Waals surface area contributed by atoms with Crippen LogP contribution in [-0.4, -0.2) is 40.0 Å². The molecule has 0 aliphatic heterocycles. The van der Waals surface area contributed by atoms with E-state index in [2.05, 4.69) is 15.5 Å². The lowest BCUT2D eigenvalue weighted by atomic mass is 10.2. The number of nitrogens with one attached hydrogen (secondary N) is 2. The predicted molar refractivity (Wildman–Crippen MR) is 80.6 cm³/mol. The highest BCUT2D eigenvalue weighted by molar-refractivity contribution is 6.06. The summed E-state index contributed by atoms with van der Waals surface area (Å²) >= 11 is 0. The van der Waals surface area contributed by atoms with Gasteiger partial charge in [0.1, 0.15) is 11.9 Å². The Morgan fingerprint density at radius 1 is 1.22 bits per heavy atom. The number of anilines is 2. The number of nitrogens with zero attached hydrogens (tertiary/aromatic N) is 4. The van der Waals surface area contributed by atoms with Crippen molar-refractivity contribution in [3.8, 4) is 0 Å². The normalized spacial score (nSPS) is 10.2. The van der Waals surface area contributed by atoms with Crippen molar-refractivity contribution >= 4 is 28.7 Å². The average Bonchev–Trinajstić information content (AvgIpc) is 2.96. The van der Waals surface area contributed by atoms with E-state index in [1.54, 1.807) is 19.0 Å². The molecule has 0 spiro atoms. The van der Waals surface area contributed by atoms with Gasteiger partial charge in [-0.1, -0.05) is 0 Å². The Morgan fingerprint density at radius 3 is 2.43 bits per heavy atom. The number of nitro groups is 2. The summed E-state index contributed by atoms with van der Waals surface area (Å²) < 4.78 is 0. The first kappa shape index (κ1) is 15.9. The molecular formula is C12H12N6O5. The van der Waals surface area contributed by atoms with Crippen molar-refractivity contribution in [3.05, 3.63) is 50.3 Å². The average molecular weight is 320 g/mol. The van der Waals surface area contributed by atoms with Gasteiger partial charge in [-0.05, 0) is 12.1 Å². The van der Waals surface area contributed by atoms with Gasteiger partial charge in [-0.15, -0.1) is 0 Å². The molecule has 23 heavy (non-hydrogen) atoms. The third-order valence-electron chi connectivity index (χ3n) is 2.98. The minimum Gasteiger partial charge on any atom is -0.378 e. The number of H-pyrrole nitrogens is 1. The van der Waals surface area contributed by atoms with Crippen LogP contribution in [-0.2, 0) is 0 Å². The van der Waals surface area contributed by atoms with Gasteiger partial charge in [0.15, 0.2) is 0 Å². The topological polar surface area (TPSA) is 147 Å². The second-order valence-electron chi connectivity index (χ2n) is 4.69. The van der Waals surface area contributed by atoms with E-state index in [0.29, 0.717) is 5.69 Å². The van der Waals surface area contributed by atoms with Gasteiger partial charge >= 0.3 is 5.69 Å². The molecule has 1 aromatic carbocycles. The maximum atomic E-state index is 12.1. The first-order chi connectivity index (χ1) is 10.8. The highest BCUT2D eigenvalue weighted by Crippen LogP contribution is 2.29. The van der Waals surface area contributed by atoms with E-state index in [4.69, 9.17) is 0 Å². The van der Waals surface area contributed by atoms with E-state index in [-0.39, 0.29) is 17.1 Å². The Balaban J connectivity index is 2.39. The molecule has 120 valence electrons. The molecule has 0 aliphatic carbocycles. The molecule has 11 heteroatoms. The molecule has 1 amide bonds. The summed E-state index contributed by atoms with van der Waals surface area (Å²) in [6.07, 6.45) is 0.888. The third kappa shape index (κ3) is 3.23. The Kier molecular flexibility index (Phi) is 4.21. The molecule has 0 unspecified atom stereocenters. The van der Waals surface area contributed by atoms with Crippen LogP contribution < -0.4 is 10.2 Å². The summed E-state index contributed by atoms with van der Waals surface area (Å²) in [5.74, 6) is -0.895. The quantitative estimate of drug-likeness (QED) is 0.627. The molecule has 0 saturated heterocycles. The van der Waals surface area contributed by atoms with Gasteiger partial charge < -0.3 is 10.2 Å². The molecule has 0 saturated carbocycles. The summed E-state index contributed by atoms with van der Waals surface area (Å²) in [6, 6.07) is 4.16. The van der Waals surface area contributed by atoms with Gasteiger partial charge in [-0.3, -0.25) is 30.1 Å². The fourth-order valence-corrected chi connectivity index (χ4v) is 1.83. The fraction of sp³-hybridized carbons (Fsp3) is 0.167. The van der Waals surface area contributed by atoms with Crippen LogP contribution in [0.1, 0.15) is 10.5 Å². The number of benzene rings is 1. The molecule has 11 nitrogen and oxygen atoms in total. The number of hydrogen-bond donors (Lipinski definition) is 2. The number of rotatable bonds is 5. The van der Waals surface area contributed by atoms with Crippen LogP contribution in [0.4, 0.5) is 22.7 Å². The number of aromatic amines is 1. The summed E-state index contributed by atoms with van der Waals surface area (Å²) in [6.45, 7) is 0. The molecule has 0 fully saturated rings. The lowest BCUT2D eigenvalue weighted by molar-refractivity contribution is -0.385. The summed E-state index contributed by atoms with van der Waals surface area (Å²) in [5, 5.41) is 29.8. The van der Waals surface area contributed by atoms with Crippen molar-refractivity contribution in [3.63, 3.8) is 0 Å². The Bertz CT molecular complexity index is 784. The smallest absolute Gasteiger partial charge is 0.319 e. The van der Waals surface area contributed by atoms with Crippen molar-refractivity contribution in [2.75, 3.05) is 24.3 Å². The van der Waals surface area contributed by atoms with Gasteiger partial charge in [-0.25, -0.2) is 0 Å². The van der Waals surface area contributed by atoms with E-state index in [0.717, 1.165) is 6.20 Å². The second kappa shape index (κ2) is 6.09. The summed E-state index contributed by atoms with van der Waals surface area (Å²) in [7, 11) is 3.46. The van der Waals surface area contributed by atoms with Gasteiger partial charge in [0.2, 0.25) is 5.69 Å². The molecule has 2 N–H and O–H groups in total. The molecule has 2 rings (SSSR count). The van der Waals surface area contributed by atoms with Crippen LogP contribution in [0.2, 0.25) is 0 Å². The number of nitro benzene ring substituents is 1. The largest absolute Gasteiger partial charge is 0.378 e.